The average molecular weight is 242 g/mol. The minimum atomic E-state index is -1.18. The standard InChI is InChI=1S/C14H30OSi/c1-13(2,3)16(14(4,5)6)15-12-10-8-7-9-11-12/h12,16H,7-11H2,1-6H3. The molecule has 0 radical (unpaired) electrons. The first-order chi connectivity index (χ1) is 7.21. The first-order valence-corrected chi connectivity index (χ1v) is 8.49. The van der Waals surface area contributed by atoms with Crippen LogP contribution in [-0.4, -0.2) is 15.1 Å². The van der Waals surface area contributed by atoms with Gasteiger partial charge in [0, 0.05) is 6.10 Å². The molecule has 0 bridgehead atoms. The molecule has 1 aliphatic rings. The summed E-state index contributed by atoms with van der Waals surface area (Å²) in [5.41, 5.74) is 0. The lowest BCUT2D eigenvalue weighted by Gasteiger charge is -2.41. The SMILES string of the molecule is CC(C)(C)[SiH](OC1CCCCC1)C(C)(C)C. The minimum Gasteiger partial charge on any atom is -0.416 e. The van der Waals surface area contributed by atoms with Gasteiger partial charge in [-0.25, -0.2) is 0 Å². The predicted octanol–water partition coefficient (Wildman–Crippen LogP) is 4.66. The lowest BCUT2D eigenvalue weighted by atomic mass is 9.98. The fraction of sp³-hybridized carbons (Fsp3) is 1.00. The normalized spacial score (nSPS) is 20.4. The molecule has 0 aromatic rings. The Morgan fingerprint density at radius 1 is 0.812 bits per heavy atom. The van der Waals surface area contributed by atoms with Gasteiger partial charge in [-0.2, -0.15) is 0 Å². The van der Waals surface area contributed by atoms with Gasteiger partial charge in [0.05, 0.1) is 0 Å². The van der Waals surface area contributed by atoms with Crippen LogP contribution in [0.1, 0.15) is 73.6 Å². The van der Waals surface area contributed by atoms with Gasteiger partial charge in [0.1, 0.15) is 0 Å². The molecule has 0 atom stereocenters. The third kappa shape index (κ3) is 4.21. The molecule has 0 spiro atoms. The topological polar surface area (TPSA) is 9.23 Å². The van der Waals surface area contributed by atoms with E-state index in [2.05, 4.69) is 41.5 Å². The molecule has 0 unspecified atom stereocenters. The van der Waals surface area contributed by atoms with E-state index in [0.29, 0.717) is 16.2 Å². The maximum Gasteiger partial charge on any atom is 0.187 e. The van der Waals surface area contributed by atoms with Gasteiger partial charge in [0.25, 0.3) is 0 Å². The van der Waals surface area contributed by atoms with Crippen molar-refractivity contribution in [2.75, 3.05) is 0 Å². The summed E-state index contributed by atoms with van der Waals surface area (Å²) in [6.07, 6.45) is 7.34. The Labute approximate surface area is 104 Å². The van der Waals surface area contributed by atoms with E-state index in [1.807, 2.05) is 0 Å². The van der Waals surface area contributed by atoms with E-state index in [1.165, 1.54) is 32.1 Å². The Kier molecular flexibility index (Phi) is 4.64. The van der Waals surface area contributed by atoms with Crippen molar-refractivity contribution < 1.29 is 4.43 Å². The highest BCUT2D eigenvalue weighted by Crippen LogP contribution is 2.43. The van der Waals surface area contributed by atoms with Crippen molar-refractivity contribution in [2.24, 2.45) is 0 Å². The zero-order chi connectivity index (χ0) is 12.4. The Balaban J connectivity index is 2.63. The van der Waals surface area contributed by atoms with Crippen LogP contribution in [0.2, 0.25) is 10.1 Å². The second-order valence-electron chi connectivity index (χ2n) is 7.51. The van der Waals surface area contributed by atoms with Gasteiger partial charge in [-0.1, -0.05) is 60.8 Å². The Morgan fingerprint density at radius 3 is 1.62 bits per heavy atom. The van der Waals surface area contributed by atoms with Gasteiger partial charge >= 0.3 is 0 Å². The third-order valence-electron chi connectivity index (χ3n) is 3.45. The van der Waals surface area contributed by atoms with E-state index in [1.54, 1.807) is 0 Å². The highest BCUT2D eigenvalue weighted by atomic mass is 28.3. The van der Waals surface area contributed by atoms with E-state index < -0.39 is 9.04 Å². The zero-order valence-corrected chi connectivity index (χ0v) is 13.3. The van der Waals surface area contributed by atoms with Crippen molar-refractivity contribution in [1.29, 1.82) is 0 Å². The fourth-order valence-corrected chi connectivity index (χ4v) is 7.17. The van der Waals surface area contributed by atoms with E-state index in [9.17, 15) is 0 Å². The highest BCUT2D eigenvalue weighted by molar-refractivity contribution is 6.58. The van der Waals surface area contributed by atoms with Crippen molar-refractivity contribution in [3.8, 4) is 0 Å². The lowest BCUT2D eigenvalue weighted by Crippen LogP contribution is -2.41. The molecule has 16 heavy (non-hydrogen) atoms. The first-order valence-electron chi connectivity index (χ1n) is 6.87. The molecule has 1 rings (SSSR count). The summed E-state index contributed by atoms with van der Waals surface area (Å²) < 4.78 is 6.56. The van der Waals surface area contributed by atoms with Gasteiger partial charge in [-0.15, -0.1) is 0 Å². The second-order valence-corrected chi connectivity index (χ2v) is 12.0. The van der Waals surface area contributed by atoms with Crippen LogP contribution >= 0.6 is 0 Å². The van der Waals surface area contributed by atoms with Crippen LogP contribution in [-0.2, 0) is 4.43 Å². The average Bonchev–Trinajstić information content (AvgIpc) is 2.12. The molecule has 0 aromatic heterocycles. The number of hydrogen-bond donors (Lipinski definition) is 0. The van der Waals surface area contributed by atoms with Crippen molar-refractivity contribution in [3.63, 3.8) is 0 Å². The monoisotopic (exact) mass is 242 g/mol. The van der Waals surface area contributed by atoms with Crippen LogP contribution in [0.25, 0.3) is 0 Å². The van der Waals surface area contributed by atoms with Gasteiger partial charge in [0.15, 0.2) is 9.04 Å². The third-order valence-corrected chi connectivity index (χ3v) is 7.26. The van der Waals surface area contributed by atoms with E-state index in [4.69, 9.17) is 4.43 Å². The summed E-state index contributed by atoms with van der Waals surface area (Å²) in [5, 5.41) is 0.741. The molecule has 1 nitrogen and oxygen atoms in total. The van der Waals surface area contributed by atoms with Crippen molar-refractivity contribution in [3.05, 3.63) is 0 Å². The maximum atomic E-state index is 6.56. The molecule has 96 valence electrons. The molecule has 0 N–H and O–H groups in total. The van der Waals surface area contributed by atoms with Crippen LogP contribution < -0.4 is 0 Å². The first kappa shape index (κ1) is 14.2. The molecule has 1 saturated carbocycles. The summed E-state index contributed by atoms with van der Waals surface area (Å²) in [6.45, 7) is 14.2. The van der Waals surface area contributed by atoms with Crippen molar-refractivity contribution >= 4 is 9.04 Å². The zero-order valence-electron chi connectivity index (χ0n) is 12.1. The van der Waals surface area contributed by atoms with Crippen LogP contribution in [0.5, 0.6) is 0 Å². The summed E-state index contributed by atoms with van der Waals surface area (Å²) in [6, 6.07) is 0. The lowest BCUT2D eigenvalue weighted by molar-refractivity contribution is 0.138. The molecule has 1 fully saturated rings. The van der Waals surface area contributed by atoms with E-state index in [0.717, 1.165) is 0 Å². The maximum absolute atomic E-state index is 6.56. The Hall–Kier alpha value is 0.177. The molecule has 0 aliphatic heterocycles. The van der Waals surface area contributed by atoms with Gasteiger partial charge < -0.3 is 4.43 Å². The van der Waals surface area contributed by atoms with E-state index in [-0.39, 0.29) is 0 Å². The molecule has 0 heterocycles. The molecule has 1 aliphatic carbocycles. The molecular formula is C14H30OSi. The quantitative estimate of drug-likeness (QED) is 0.640. The summed E-state index contributed by atoms with van der Waals surface area (Å²) in [5.74, 6) is 0. The summed E-state index contributed by atoms with van der Waals surface area (Å²) >= 11 is 0. The summed E-state index contributed by atoms with van der Waals surface area (Å²) in [7, 11) is -1.18. The Bertz CT molecular complexity index is 192. The van der Waals surface area contributed by atoms with Gasteiger partial charge in [-0.3, -0.25) is 0 Å². The largest absolute Gasteiger partial charge is 0.416 e. The molecular weight excluding hydrogens is 212 g/mol. The van der Waals surface area contributed by atoms with Crippen molar-refractivity contribution in [1.82, 2.24) is 0 Å². The van der Waals surface area contributed by atoms with Crippen LogP contribution in [0, 0.1) is 0 Å². The van der Waals surface area contributed by atoms with Gasteiger partial charge in [-0.05, 0) is 22.9 Å². The highest BCUT2D eigenvalue weighted by Gasteiger charge is 2.39. The fourth-order valence-electron chi connectivity index (χ4n) is 3.10. The second kappa shape index (κ2) is 5.22. The molecule has 2 heteroatoms. The number of hydrogen-bond acceptors (Lipinski definition) is 1. The van der Waals surface area contributed by atoms with E-state index >= 15 is 0 Å². The predicted molar refractivity (Wildman–Crippen MR) is 74.5 cm³/mol. The molecule has 0 aromatic carbocycles. The van der Waals surface area contributed by atoms with Gasteiger partial charge in [0.2, 0.25) is 0 Å². The summed E-state index contributed by atoms with van der Waals surface area (Å²) in [4.78, 5) is 0. The smallest absolute Gasteiger partial charge is 0.187 e. The molecule has 0 saturated heterocycles. The Morgan fingerprint density at radius 2 is 1.25 bits per heavy atom. The molecule has 0 amide bonds. The van der Waals surface area contributed by atoms with Crippen LogP contribution in [0.3, 0.4) is 0 Å². The number of rotatable bonds is 2. The van der Waals surface area contributed by atoms with Crippen LogP contribution in [0.4, 0.5) is 0 Å². The minimum absolute atomic E-state index is 0.371. The van der Waals surface area contributed by atoms with Crippen molar-refractivity contribution in [2.45, 2.75) is 89.8 Å². The van der Waals surface area contributed by atoms with Crippen LogP contribution in [0.15, 0.2) is 0 Å².